The topological polar surface area (TPSA) is 9.23 Å². The summed E-state index contributed by atoms with van der Waals surface area (Å²) >= 11 is 0. The molecule has 76 valence electrons. The Kier molecular flexibility index (Phi) is 7.71. The molecule has 0 fully saturated rings. The smallest absolute Gasteiger partial charge is 0.0585 e. The largest absolute Gasteiger partial charge is 0.375 e. The molecule has 2 atom stereocenters. The summed E-state index contributed by atoms with van der Waals surface area (Å²) in [4.78, 5) is 0. The average molecular weight is 182 g/mol. The maximum absolute atomic E-state index is 5.75. The third-order valence-corrected chi connectivity index (χ3v) is 1.87. The molecule has 0 saturated carbocycles. The molecule has 1 heteroatoms. The van der Waals surface area contributed by atoms with Crippen molar-refractivity contribution in [3.63, 3.8) is 0 Å². The van der Waals surface area contributed by atoms with Gasteiger partial charge in [0.05, 0.1) is 12.2 Å². The van der Waals surface area contributed by atoms with Gasteiger partial charge in [-0.15, -0.1) is 0 Å². The molecule has 0 spiro atoms. The molecule has 0 N–H and O–H groups in total. The van der Waals surface area contributed by atoms with E-state index < -0.39 is 0 Å². The molecule has 0 aromatic heterocycles. The first-order chi connectivity index (χ1) is 6.20. The van der Waals surface area contributed by atoms with Gasteiger partial charge in [-0.2, -0.15) is 0 Å². The van der Waals surface area contributed by atoms with E-state index in [0.29, 0.717) is 12.2 Å². The van der Waals surface area contributed by atoms with Crippen molar-refractivity contribution in [2.24, 2.45) is 0 Å². The van der Waals surface area contributed by atoms with Crippen molar-refractivity contribution in [2.45, 2.75) is 52.7 Å². The highest BCUT2D eigenvalue weighted by Crippen LogP contribution is 2.06. The highest BCUT2D eigenvalue weighted by atomic mass is 16.5. The van der Waals surface area contributed by atoms with E-state index in [1.54, 1.807) is 0 Å². The normalized spacial score (nSPS) is 16.9. The molecule has 0 amide bonds. The summed E-state index contributed by atoms with van der Waals surface area (Å²) in [5, 5.41) is 0. The maximum atomic E-state index is 5.75. The van der Waals surface area contributed by atoms with Crippen molar-refractivity contribution in [3.8, 4) is 0 Å². The molecule has 0 aromatic carbocycles. The molecule has 0 rings (SSSR count). The third-order valence-electron chi connectivity index (χ3n) is 1.87. The number of hydrogen-bond donors (Lipinski definition) is 0. The molecule has 0 saturated heterocycles. The molecule has 0 aliphatic rings. The fourth-order valence-electron chi connectivity index (χ4n) is 1.16. The van der Waals surface area contributed by atoms with Crippen molar-refractivity contribution >= 4 is 0 Å². The maximum Gasteiger partial charge on any atom is 0.0585 e. The van der Waals surface area contributed by atoms with Crippen LogP contribution in [0.15, 0.2) is 24.3 Å². The van der Waals surface area contributed by atoms with Gasteiger partial charge < -0.3 is 4.74 Å². The standard InChI is InChI=1S/C12H22O/c1-5-7-9-11(3)13-12(4)10-8-6-2/h5-8,11-12H,9-10H2,1-4H3. The second kappa shape index (κ2) is 8.06. The summed E-state index contributed by atoms with van der Waals surface area (Å²) in [5.74, 6) is 0. The monoisotopic (exact) mass is 182 g/mol. The highest BCUT2D eigenvalue weighted by molar-refractivity contribution is 4.82. The lowest BCUT2D eigenvalue weighted by Crippen LogP contribution is -2.15. The molecular formula is C12H22O. The summed E-state index contributed by atoms with van der Waals surface area (Å²) in [6, 6.07) is 0. The van der Waals surface area contributed by atoms with Gasteiger partial charge in [-0.25, -0.2) is 0 Å². The lowest BCUT2D eigenvalue weighted by Gasteiger charge is -2.16. The molecular weight excluding hydrogens is 160 g/mol. The van der Waals surface area contributed by atoms with Gasteiger partial charge in [-0.1, -0.05) is 24.3 Å². The zero-order chi connectivity index (χ0) is 10.1. The van der Waals surface area contributed by atoms with Crippen LogP contribution >= 0.6 is 0 Å². The molecule has 13 heavy (non-hydrogen) atoms. The van der Waals surface area contributed by atoms with Crippen molar-refractivity contribution in [3.05, 3.63) is 24.3 Å². The van der Waals surface area contributed by atoms with Crippen LogP contribution in [0.3, 0.4) is 0 Å². The van der Waals surface area contributed by atoms with Gasteiger partial charge in [0.1, 0.15) is 0 Å². The van der Waals surface area contributed by atoms with Gasteiger partial charge in [0.2, 0.25) is 0 Å². The SMILES string of the molecule is CC=CCC(C)OC(C)CC=CC. The van der Waals surface area contributed by atoms with E-state index in [0.717, 1.165) is 12.8 Å². The first-order valence-corrected chi connectivity index (χ1v) is 5.08. The summed E-state index contributed by atoms with van der Waals surface area (Å²) < 4.78 is 5.75. The van der Waals surface area contributed by atoms with E-state index in [1.807, 2.05) is 13.8 Å². The minimum atomic E-state index is 0.330. The summed E-state index contributed by atoms with van der Waals surface area (Å²) in [7, 11) is 0. The first kappa shape index (κ1) is 12.4. The molecule has 0 aliphatic heterocycles. The number of ether oxygens (including phenoxy) is 1. The zero-order valence-corrected chi connectivity index (χ0v) is 9.29. The molecule has 0 bridgehead atoms. The second-order valence-electron chi connectivity index (χ2n) is 3.37. The number of hydrogen-bond acceptors (Lipinski definition) is 1. The Bertz CT molecular complexity index is 141. The second-order valence-corrected chi connectivity index (χ2v) is 3.37. The minimum Gasteiger partial charge on any atom is -0.375 e. The van der Waals surface area contributed by atoms with Crippen molar-refractivity contribution in [1.82, 2.24) is 0 Å². The number of allylic oxidation sites excluding steroid dienone is 2. The van der Waals surface area contributed by atoms with E-state index in [1.165, 1.54) is 0 Å². The van der Waals surface area contributed by atoms with Crippen LogP contribution in [-0.2, 0) is 4.74 Å². The highest BCUT2D eigenvalue weighted by Gasteiger charge is 2.04. The van der Waals surface area contributed by atoms with Gasteiger partial charge >= 0.3 is 0 Å². The van der Waals surface area contributed by atoms with Gasteiger partial charge in [0.25, 0.3) is 0 Å². The van der Waals surface area contributed by atoms with Crippen LogP contribution in [-0.4, -0.2) is 12.2 Å². The molecule has 1 nitrogen and oxygen atoms in total. The molecule has 0 aromatic rings. The average Bonchev–Trinajstić information content (AvgIpc) is 2.11. The lowest BCUT2D eigenvalue weighted by molar-refractivity contribution is 0.0122. The van der Waals surface area contributed by atoms with Crippen molar-refractivity contribution in [1.29, 1.82) is 0 Å². The third kappa shape index (κ3) is 7.79. The Morgan fingerprint density at radius 1 is 0.923 bits per heavy atom. The van der Waals surface area contributed by atoms with Crippen LogP contribution in [0, 0.1) is 0 Å². The minimum absolute atomic E-state index is 0.330. The van der Waals surface area contributed by atoms with Crippen molar-refractivity contribution in [2.75, 3.05) is 0 Å². The van der Waals surface area contributed by atoms with E-state index in [2.05, 4.69) is 38.2 Å². The van der Waals surface area contributed by atoms with Crippen LogP contribution < -0.4 is 0 Å². The van der Waals surface area contributed by atoms with Crippen LogP contribution in [0.1, 0.15) is 40.5 Å². The number of rotatable bonds is 6. The molecule has 0 heterocycles. The Morgan fingerprint density at radius 3 is 1.62 bits per heavy atom. The summed E-state index contributed by atoms with van der Waals surface area (Å²) in [5.41, 5.74) is 0. The molecule has 2 unspecified atom stereocenters. The summed E-state index contributed by atoms with van der Waals surface area (Å²) in [6.45, 7) is 8.31. The van der Waals surface area contributed by atoms with Gasteiger partial charge in [0.15, 0.2) is 0 Å². The van der Waals surface area contributed by atoms with Crippen molar-refractivity contribution < 1.29 is 4.74 Å². The van der Waals surface area contributed by atoms with Gasteiger partial charge in [-0.3, -0.25) is 0 Å². The quantitative estimate of drug-likeness (QED) is 0.569. The lowest BCUT2D eigenvalue weighted by atomic mass is 10.2. The first-order valence-electron chi connectivity index (χ1n) is 5.08. The van der Waals surface area contributed by atoms with E-state index in [4.69, 9.17) is 4.74 Å². The Labute approximate surface area is 82.5 Å². The van der Waals surface area contributed by atoms with Gasteiger partial charge in [-0.05, 0) is 40.5 Å². The molecule has 0 aliphatic carbocycles. The Balaban J connectivity index is 3.57. The predicted molar refractivity (Wildman–Crippen MR) is 58.9 cm³/mol. The fraction of sp³-hybridized carbons (Fsp3) is 0.667. The Morgan fingerprint density at radius 2 is 1.31 bits per heavy atom. The Hall–Kier alpha value is -0.560. The molecule has 0 radical (unpaired) electrons. The van der Waals surface area contributed by atoms with E-state index in [-0.39, 0.29) is 0 Å². The zero-order valence-electron chi connectivity index (χ0n) is 9.29. The predicted octanol–water partition coefficient (Wildman–Crippen LogP) is 3.71. The summed E-state index contributed by atoms with van der Waals surface area (Å²) in [6.07, 6.45) is 11.1. The fourth-order valence-corrected chi connectivity index (χ4v) is 1.16. The van der Waals surface area contributed by atoms with Crippen LogP contribution in [0.2, 0.25) is 0 Å². The van der Waals surface area contributed by atoms with E-state index in [9.17, 15) is 0 Å². The van der Waals surface area contributed by atoms with Gasteiger partial charge in [0, 0.05) is 0 Å². The van der Waals surface area contributed by atoms with Crippen LogP contribution in [0.5, 0.6) is 0 Å². The van der Waals surface area contributed by atoms with Crippen LogP contribution in [0.25, 0.3) is 0 Å². The van der Waals surface area contributed by atoms with E-state index >= 15 is 0 Å². The van der Waals surface area contributed by atoms with Crippen LogP contribution in [0.4, 0.5) is 0 Å².